The van der Waals surface area contributed by atoms with Gasteiger partial charge in [0.25, 0.3) is 0 Å². The van der Waals surface area contributed by atoms with Crippen LogP contribution in [0, 0.1) is 17.7 Å². The molecule has 0 saturated carbocycles. The highest BCUT2D eigenvalue weighted by atomic mass is 15.0. The van der Waals surface area contributed by atoms with E-state index in [-0.39, 0.29) is 0 Å². The van der Waals surface area contributed by atoms with Crippen LogP contribution in [-0.4, -0.2) is 10.4 Å². The third kappa shape index (κ3) is 2.74. The smallest absolute Gasteiger partial charge is 0.137 e. The molecule has 22 heavy (non-hydrogen) atoms. The van der Waals surface area contributed by atoms with E-state index in [1.54, 1.807) is 10.6 Å². The SMILES string of the molecule is Cc1ccc(C(=N)n2cc(-c3ccccc3)ccc2=N)cc1. The molecular weight excluding hydrogens is 270 g/mol. The van der Waals surface area contributed by atoms with E-state index in [2.05, 4.69) is 0 Å². The molecular formula is C19H17N3. The molecule has 3 heteroatoms. The molecule has 0 amide bonds. The summed E-state index contributed by atoms with van der Waals surface area (Å²) in [7, 11) is 0. The largest absolute Gasteiger partial charge is 0.286 e. The zero-order chi connectivity index (χ0) is 15.5. The van der Waals surface area contributed by atoms with Gasteiger partial charge in [0.15, 0.2) is 0 Å². The van der Waals surface area contributed by atoms with Gasteiger partial charge in [0, 0.05) is 11.8 Å². The van der Waals surface area contributed by atoms with E-state index in [1.807, 2.05) is 73.8 Å². The molecule has 0 unspecified atom stereocenters. The maximum Gasteiger partial charge on any atom is 0.137 e. The molecule has 3 rings (SSSR count). The highest BCUT2D eigenvalue weighted by molar-refractivity contribution is 5.98. The Hall–Kier alpha value is -2.94. The molecule has 0 atom stereocenters. The van der Waals surface area contributed by atoms with E-state index in [1.165, 1.54) is 0 Å². The minimum atomic E-state index is 0.297. The van der Waals surface area contributed by atoms with Crippen molar-refractivity contribution in [3.8, 4) is 11.1 Å². The molecule has 1 heterocycles. The third-order valence-electron chi connectivity index (χ3n) is 3.62. The topological polar surface area (TPSA) is 52.6 Å². The van der Waals surface area contributed by atoms with Crippen LogP contribution in [0.5, 0.6) is 0 Å². The van der Waals surface area contributed by atoms with Crippen LogP contribution in [0.25, 0.3) is 11.1 Å². The van der Waals surface area contributed by atoms with Crippen LogP contribution >= 0.6 is 0 Å². The molecule has 0 aliphatic rings. The third-order valence-corrected chi connectivity index (χ3v) is 3.62. The normalized spacial score (nSPS) is 10.4. The fourth-order valence-corrected chi connectivity index (χ4v) is 2.34. The van der Waals surface area contributed by atoms with Gasteiger partial charge in [-0.2, -0.15) is 0 Å². The van der Waals surface area contributed by atoms with E-state index in [9.17, 15) is 0 Å². The average Bonchev–Trinajstić information content (AvgIpc) is 2.56. The number of hydrogen-bond acceptors (Lipinski definition) is 2. The highest BCUT2D eigenvalue weighted by Crippen LogP contribution is 2.17. The Labute approximate surface area is 129 Å². The zero-order valence-corrected chi connectivity index (χ0v) is 12.4. The predicted octanol–water partition coefficient (Wildman–Crippen LogP) is 3.82. The van der Waals surface area contributed by atoms with Crippen molar-refractivity contribution < 1.29 is 0 Å². The molecule has 2 aromatic carbocycles. The molecule has 2 N–H and O–H groups in total. The number of pyridine rings is 1. The maximum absolute atomic E-state index is 8.38. The minimum absolute atomic E-state index is 0.297. The van der Waals surface area contributed by atoms with Crippen molar-refractivity contribution in [2.24, 2.45) is 0 Å². The van der Waals surface area contributed by atoms with Crippen LogP contribution in [-0.2, 0) is 0 Å². The summed E-state index contributed by atoms with van der Waals surface area (Å²) in [5, 5.41) is 16.5. The van der Waals surface area contributed by atoms with E-state index >= 15 is 0 Å². The monoisotopic (exact) mass is 287 g/mol. The van der Waals surface area contributed by atoms with Crippen LogP contribution in [0.4, 0.5) is 0 Å². The molecule has 0 aliphatic heterocycles. The lowest BCUT2D eigenvalue weighted by Gasteiger charge is -2.11. The van der Waals surface area contributed by atoms with Crippen molar-refractivity contribution >= 4 is 5.84 Å². The first kappa shape index (κ1) is 14.0. The van der Waals surface area contributed by atoms with Crippen molar-refractivity contribution in [1.82, 2.24) is 4.57 Å². The molecule has 3 aromatic rings. The summed E-state index contributed by atoms with van der Waals surface area (Å²) in [5.74, 6) is 0.308. The second-order valence-corrected chi connectivity index (χ2v) is 5.25. The Morgan fingerprint density at radius 3 is 2.18 bits per heavy atom. The first-order valence-corrected chi connectivity index (χ1v) is 7.14. The summed E-state index contributed by atoms with van der Waals surface area (Å²) >= 11 is 0. The van der Waals surface area contributed by atoms with Gasteiger partial charge in [-0.25, -0.2) is 0 Å². The molecule has 108 valence electrons. The number of rotatable bonds is 2. The van der Waals surface area contributed by atoms with Gasteiger partial charge in [0.1, 0.15) is 11.3 Å². The summed E-state index contributed by atoms with van der Waals surface area (Å²) in [5.41, 5.74) is 4.33. The minimum Gasteiger partial charge on any atom is -0.286 e. The summed E-state index contributed by atoms with van der Waals surface area (Å²) in [6, 6.07) is 21.4. The van der Waals surface area contributed by atoms with Gasteiger partial charge in [-0.05, 0) is 30.2 Å². The van der Waals surface area contributed by atoms with Crippen molar-refractivity contribution in [1.29, 1.82) is 10.8 Å². The summed E-state index contributed by atoms with van der Waals surface area (Å²) in [6.45, 7) is 2.02. The van der Waals surface area contributed by atoms with Gasteiger partial charge in [-0.3, -0.25) is 15.4 Å². The quantitative estimate of drug-likeness (QED) is 0.532. The number of hydrogen-bond donors (Lipinski definition) is 2. The fourth-order valence-electron chi connectivity index (χ4n) is 2.34. The number of nitrogens with zero attached hydrogens (tertiary/aromatic N) is 1. The second-order valence-electron chi connectivity index (χ2n) is 5.25. The lowest BCUT2D eigenvalue weighted by Crippen LogP contribution is -2.26. The summed E-state index contributed by atoms with van der Waals surface area (Å²) < 4.78 is 1.60. The first-order valence-electron chi connectivity index (χ1n) is 7.14. The molecule has 0 saturated heterocycles. The Morgan fingerprint density at radius 2 is 1.50 bits per heavy atom. The molecule has 0 bridgehead atoms. The Kier molecular flexibility index (Phi) is 3.71. The molecule has 0 aliphatic carbocycles. The van der Waals surface area contributed by atoms with Gasteiger partial charge in [0.2, 0.25) is 0 Å². The number of nitrogens with one attached hydrogen (secondary N) is 2. The zero-order valence-electron chi connectivity index (χ0n) is 12.4. The lowest BCUT2D eigenvalue weighted by molar-refractivity contribution is 0.966. The summed E-state index contributed by atoms with van der Waals surface area (Å²) in [4.78, 5) is 0. The number of aromatic nitrogens is 1. The second kappa shape index (κ2) is 5.82. The van der Waals surface area contributed by atoms with Gasteiger partial charge in [0.05, 0.1) is 0 Å². The van der Waals surface area contributed by atoms with Crippen molar-refractivity contribution in [2.45, 2.75) is 6.92 Å². The highest BCUT2D eigenvalue weighted by Gasteiger charge is 2.06. The predicted molar refractivity (Wildman–Crippen MR) is 89.1 cm³/mol. The van der Waals surface area contributed by atoms with E-state index < -0.39 is 0 Å². The number of aryl methyl sites for hydroxylation is 1. The van der Waals surface area contributed by atoms with Crippen LogP contribution in [0.2, 0.25) is 0 Å². The Morgan fingerprint density at radius 1 is 0.818 bits per heavy atom. The van der Waals surface area contributed by atoms with Gasteiger partial charge >= 0.3 is 0 Å². The average molecular weight is 287 g/mol. The van der Waals surface area contributed by atoms with E-state index in [0.717, 1.165) is 22.3 Å². The van der Waals surface area contributed by atoms with Crippen LogP contribution in [0.1, 0.15) is 11.1 Å². The summed E-state index contributed by atoms with van der Waals surface area (Å²) in [6.07, 6.45) is 1.85. The van der Waals surface area contributed by atoms with E-state index in [4.69, 9.17) is 10.8 Å². The van der Waals surface area contributed by atoms with Crippen LogP contribution in [0.15, 0.2) is 72.9 Å². The van der Waals surface area contributed by atoms with Crippen molar-refractivity contribution in [3.63, 3.8) is 0 Å². The van der Waals surface area contributed by atoms with Crippen molar-refractivity contribution in [2.75, 3.05) is 0 Å². The molecule has 1 aromatic heterocycles. The van der Waals surface area contributed by atoms with Gasteiger partial charge in [-0.15, -0.1) is 0 Å². The van der Waals surface area contributed by atoms with E-state index in [0.29, 0.717) is 11.3 Å². The first-order chi connectivity index (χ1) is 10.6. The Balaban J connectivity index is 2.05. The molecule has 3 nitrogen and oxygen atoms in total. The maximum atomic E-state index is 8.38. The lowest BCUT2D eigenvalue weighted by atomic mass is 10.1. The van der Waals surface area contributed by atoms with Crippen LogP contribution in [0.3, 0.4) is 0 Å². The van der Waals surface area contributed by atoms with Crippen LogP contribution < -0.4 is 5.49 Å². The number of benzene rings is 2. The Bertz CT molecular complexity index is 859. The van der Waals surface area contributed by atoms with Crippen molar-refractivity contribution in [3.05, 3.63) is 89.5 Å². The molecule has 0 spiro atoms. The van der Waals surface area contributed by atoms with Gasteiger partial charge < -0.3 is 0 Å². The molecule has 0 fully saturated rings. The standard InChI is InChI=1S/C19H17N3/c1-14-7-9-16(10-8-14)19(21)22-13-17(11-12-18(22)20)15-5-3-2-4-6-15/h2-13,20-21H,1H3. The molecule has 0 radical (unpaired) electrons. The van der Waals surface area contributed by atoms with Gasteiger partial charge in [-0.1, -0.05) is 60.2 Å². The fraction of sp³-hybridized carbons (Fsp3) is 0.0526.